The molecule has 2 heterocycles. The van der Waals surface area contributed by atoms with Crippen LogP contribution in [0.3, 0.4) is 0 Å². The van der Waals surface area contributed by atoms with Crippen LogP contribution in [0, 0.1) is 11.3 Å². The van der Waals surface area contributed by atoms with Crippen molar-refractivity contribution in [2.45, 2.75) is 12.8 Å². The van der Waals surface area contributed by atoms with Gasteiger partial charge in [-0.2, -0.15) is 5.26 Å². The molecule has 0 amide bonds. The highest BCUT2D eigenvalue weighted by atomic mass is 15.1. The summed E-state index contributed by atoms with van der Waals surface area (Å²) in [6.07, 6.45) is 6.58. The van der Waals surface area contributed by atoms with E-state index in [9.17, 15) is 0 Å². The largest absolute Gasteiger partial charge is 0.361 e. The Labute approximate surface area is 148 Å². The molecule has 4 rings (SSSR count). The van der Waals surface area contributed by atoms with Crippen LogP contribution in [-0.4, -0.2) is 29.5 Å². The summed E-state index contributed by atoms with van der Waals surface area (Å²) in [6, 6.07) is 18.8. The molecule has 0 unspecified atom stereocenters. The van der Waals surface area contributed by atoms with Crippen LogP contribution in [0.4, 0.5) is 0 Å². The number of fused-ring (bicyclic) bond motifs is 1. The van der Waals surface area contributed by atoms with E-state index in [4.69, 9.17) is 5.26 Å². The van der Waals surface area contributed by atoms with Crippen molar-refractivity contribution in [1.82, 2.24) is 9.88 Å². The predicted octanol–water partition coefficient (Wildman–Crippen LogP) is 4.37. The molecule has 0 aliphatic carbocycles. The molecule has 0 atom stereocenters. The third-order valence-corrected chi connectivity index (χ3v) is 5.01. The smallest absolute Gasteiger partial charge is 0.0991 e. The van der Waals surface area contributed by atoms with Gasteiger partial charge in [-0.05, 0) is 42.2 Å². The summed E-state index contributed by atoms with van der Waals surface area (Å²) in [6.45, 7) is 3.18. The van der Waals surface area contributed by atoms with Crippen molar-refractivity contribution in [3.05, 3.63) is 77.5 Å². The standard InChI is InChI=1S/C22H21N3/c23-15-18-6-7-22-20(14-18)21(16-24-22)19-9-12-25(13-10-19)11-8-17-4-2-1-3-5-17/h1-7,9,14,16,24H,8,10-13H2. The Morgan fingerprint density at radius 1 is 1.12 bits per heavy atom. The maximum absolute atomic E-state index is 9.14. The van der Waals surface area contributed by atoms with Crippen LogP contribution in [0.2, 0.25) is 0 Å². The third-order valence-electron chi connectivity index (χ3n) is 5.01. The van der Waals surface area contributed by atoms with Gasteiger partial charge in [-0.3, -0.25) is 4.90 Å². The molecule has 124 valence electrons. The van der Waals surface area contributed by atoms with E-state index in [2.05, 4.69) is 58.6 Å². The van der Waals surface area contributed by atoms with E-state index in [0.717, 1.165) is 43.4 Å². The van der Waals surface area contributed by atoms with E-state index in [1.54, 1.807) is 0 Å². The van der Waals surface area contributed by atoms with Gasteiger partial charge in [0.05, 0.1) is 11.6 Å². The molecular formula is C22H21N3. The van der Waals surface area contributed by atoms with E-state index >= 15 is 0 Å². The van der Waals surface area contributed by atoms with Gasteiger partial charge in [0.1, 0.15) is 0 Å². The number of nitriles is 1. The Kier molecular flexibility index (Phi) is 4.37. The van der Waals surface area contributed by atoms with Crippen LogP contribution in [0.15, 0.2) is 60.8 Å². The lowest BCUT2D eigenvalue weighted by Crippen LogP contribution is -2.30. The van der Waals surface area contributed by atoms with Crippen molar-refractivity contribution < 1.29 is 0 Å². The van der Waals surface area contributed by atoms with Gasteiger partial charge in [-0.25, -0.2) is 0 Å². The molecule has 3 heteroatoms. The molecule has 0 spiro atoms. The number of H-pyrrole nitrogens is 1. The first kappa shape index (κ1) is 15.7. The van der Waals surface area contributed by atoms with Gasteiger partial charge < -0.3 is 4.98 Å². The fourth-order valence-electron chi connectivity index (χ4n) is 3.55. The van der Waals surface area contributed by atoms with E-state index in [0.29, 0.717) is 5.56 Å². The van der Waals surface area contributed by atoms with E-state index < -0.39 is 0 Å². The first-order chi connectivity index (χ1) is 12.3. The summed E-state index contributed by atoms with van der Waals surface area (Å²) < 4.78 is 0. The molecule has 2 aromatic carbocycles. The van der Waals surface area contributed by atoms with Crippen molar-refractivity contribution in [2.24, 2.45) is 0 Å². The van der Waals surface area contributed by atoms with Gasteiger partial charge in [-0.1, -0.05) is 36.4 Å². The first-order valence-corrected chi connectivity index (χ1v) is 8.80. The Bertz CT molecular complexity index is 944. The number of aromatic amines is 1. The Hall–Kier alpha value is -2.83. The zero-order valence-corrected chi connectivity index (χ0v) is 14.2. The fourth-order valence-corrected chi connectivity index (χ4v) is 3.55. The molecule has 0 radical (unpaired) electrons. The Morgan fingerprint density at radius 3 is 2.76 bits per heavy atom. The Morgan fingerprint density at radius 2 is 2.00 bits per heavy atom. The minimum Gasteiger partial charge on any atom is -0.361 e. The van der Waals surface area contributed by atoms with Crippen molar-refractivity contribution in [2.75, 3.05) is 19.6 Å². The van der Waals surface area contributed by atoms with Gasteiger partial charge >= 0.3 is 0 Å². The average molecular weight is 327 g/mol. The number of hydrogen-bond donors (Lipinski definition) is 1. The quantitative estimate of drug-likeness (QED) is 0.773. The summed E-state index contributed by atoms with van der Waals surface area (Å²) in [4.78, 5) is 5.84. The highest BCUT2D eigenvalue weighted by Crippen LogP contribution is 2.29. The van der Waals surface area contributed by atoms with Crippen LogP contribution >= 0.6 is 0 Å². The number of benzene rings is 2. The molecule has 3 aromatic rings. The van der Waals surface area contributed by atoms with Crippen molar-refractivity contribution >= 4 is 16.5 Å². The van der Waals surface area contributed by atoms with E-state index in [1.807, 2.05) is 18.2 Å². The maximum atomic E-state index is 9.14. The molecule has 0 saturated carbocycles. The van der Waals surface area contributed by atoms with E-state index in [-0.39, 0.29) is 0 Å². The summed E-state index contributed by atoms with van der Waals surface area (Å²) in [5, 5.41) is 10.3. The zero-order chi connectivity index (χ0) is 17.1. The molecule has 1 aliphatic rings. The molecule has 3 nitrogen and oxygen atoms in total. The molecule has 1 aromatic heterocycles. The number of rotatable bonds is 4. The lowest BCUT2D eigenvalue weighted by Gasteiger charge is -2.26. The third kappa shape index (κ3) is 3.35. The van der Waals surface area contributed by atoms with Crippen LogP contribution in [0.1, 0.15) is 23.1 Å². The summed E-state index contributed by atoms with van der Waals surface area (Å²) in [5.41, 5.74) is 5.85. The Balaban J connectivity index is 1.47. The summed E-state index contributed by atoms with van der Waals surface area (Å²) >= 11 is 0. The maximum Gasteiger partial charge on any atom is 0.0991 e. The van der Waals surface area contributed by atoms with Gasteiger partial charge in [0.15, 0.2) is 0 Å². The van der Waals surface area contributed by atoms with Crippen molar-refractivity contribution in [1.29, 1.82) is 5.26 Å². The normalized spacial score (nSPS) is 15.1. The SMILES string of the molecule is N#Cc1ccc2[nH]cc(C3=CCN(CCc4ccccc4)CC3)c2c1. The van der Waals surface area contributed by atoms with Crippen molar-refractivity contribution in [3.8, 4) is 6.07 Å². The van der Waals surface area contributed by atoms with Gasteiger partial charge in [0.2, 0.25) is 0 Å². The topological polar surface area (TPSA) is 42.8 Å². The van der Waals surface area contributed by atoms with Crippen LogP contribution in [0.5, 0.6) is 0 Å². The number of aromatic nitrogens is 1. The summed E-state index contributed by atoms with van der Waals surface area (Å²) in [5.74, 6) is 0. The molecule has 0 bridgehead atoms. The monoisotopic (exact) mass is 327 g/mol. The second kappa shape index (κ2) is 6.96. The highest BCUT2D eigenvalue weighted by Gasteiger charge is 2.15. The number of hydrogen-bond acceptors (Lipinski definition) is 2. The fraction of sp³-hybridized carbons (Fsp3) is 0.227. The van der Waals surface area contributed by atoms with Gasteiger partial charge in [-0.15, -0.1) is 0 Å². The highest BCUT2D eigenvalue weighted by molar-refractivity contribution is 5.93. The van der Waals surface area contributed by atoms with E-state index in [1.165, 1.54) is 16.7 Å². The number of nitrogens with one attached hydrogen (secondary N) is 1. The minimum atomic E-state index is 0.717. The molecule has 1 N–H and O–H groups in total. The second-order valence-electron chi connectivity index (χ2n) is 6.59. The summed E-state index contributed by atoms with van der Waals surface area (Å²) in [7, 11) is 0. The lowest BCUT2D eigenvalue weighted by molar-refractivity contribution is 0.306. The van der Waals surface area contributed by atoms with Crippen molar-refractivity contribution in [3.63, 3.8) is 0 Å². The van der Waals surface area contributed by atoms with Gasteiger partial charge in [0.25, 0.3) is 0 Å². The number of nitrogens with zero attached hydrogens (tertiary/aromatic N) is 2. The predicted molar refractivity (Wildman–Crippen MR) is 102 cm³/mol. The lowest BCUT2D eigenvalue weighted by atomic mass is 9.98. The van der Waals surface area contributed by atoms with Crippen LogP contribution in [0.25, 0.3) is 16.5 Å². The first-order valence-electron chi connectivity index (χ1n) is 8.80. The second-order valence-corrected chi connectivity index (χ2v) is 6.59. The average Bonchev–Trinajstić information content (AvgIpc) is 3.10. The molecule has 0 saturated heterocycles. The molecule has 25 heavy (non-hydrogen) atoms. The molecular weight excluding hydrogens is 306 g/mol. The van der Waals surface area contributed by atoms with Crippen LogP contribution in [-0.2, 0) is 6.42 Å². The minimum absolute atomic E-state index is 0.717. The zero-order valence-electron chi connectivity index (χ0n) is 14.2. The molecule has 1 aliphatic heterocycles. The van der Waals surface area contributed by atoms with Crippen LogP contribution < -0.4 is 0 Å². The molecule has 0 fully saturated rings. The van der Waals surface area contributed by atoms with Gasteiger partial charge in [0, 0.05) is 42.3 Å².